The summed E-state index contributed by atoms with van der Waals surface area (Å²) in [6.45, 7) is 4.63. The van der Waals surface area contributed by atoms with Crippen molar-refractivity contribution in [3.05, 3.63) is 72.4 Å². The lowest BCUT2D eigenvalue weighted by Crippen LogP contribution is -2.44. The normalized spacial score (nSPS) is 17.8. The van der Waals surface area contributed by atoms with Crippen molar-refractivity contribution in [3.63, 3.8) is 0 Å². The number of anilines is 2. The molecule has 3 N–H and O–H groups in total. The van der Waals surface area contributed by atoms with E-state index in [4.69, 9.17) is 10.7 Å². The van der Waals surface area contributed by atoms with Crippen molar-refractivity contribution in [2.75, 3.05) is 17.6 Å². The number of hydrogen-bond donors (Lipinski definition) is 2. The quantitative estimate of drug-likeness (QED) is 0.441. The van der Waals surface area contributed by atoms with Crippen LogP contribution in [0.25, 0.3) is 16.8 Å². The summed E-state index contributed by atoms with van der Waals surface area (Å²) in [5.74, 6) is 1.75. The minimum absolute atomic E-state index is 0.0863. The minimum atomic E-state index is -0.242. The van der Waals surface area contributed by atoms with Gasteiger partial charge in [0.1, 0.15) is 28.7 Å². The Bertz CT molecular complexity index is 1400. The molecule has 0 spiro atoms. The Morgan fingerprint density at radius 2 is 1.89 bits per heavy atom. The number of carbonyl (C=O) groups excluding carboxylic acids is 2. The van der Waals surface area contributed by atoms with Crippen molar-refractivity contribution >= 4 is 29.0 Å². The molecule has 9 nitrogen and oxygen atoms in total. The van der Waals surface area contributed by atoms with E-state index in [1.54, 1.807) is 36.7 Å². The Morgan fingerprint density at radius 1 is 1.08 bits per heavy atom. The Kier molecular flexibility index (Phi) is 6.37. The molecular formula is C27H29N7O2. The van der Waals surface area contributed by atoms with Crippen LogP contribution >= 0.6 is 0 Å². The van der Waals surface area contributed by atoms with Gasteiger partial charge in [-0.3, -0.25) is 14.0 Å². The molecule has 0 bridgehead atoms. The van der Waals surface area contributed by atoms with Gasteiger partial charge in [0, 0.05) is 54.6 Å². The number of nitrogens with one attached hydrogen (secondary N) is 1. The summed E-state index contributed by atoms with van der Waals surface area (Å²) in [5.41, 5.74) is 9.09. The van der Waals surface area contributed by atoms with Crippen LogP contribution in [0.1, 0.15) is 55.2 Å². The van der Waals surface area contributed by atoms with Gasteiger partial charge in [0.2, 0.25) is 5.91 Å². The van der Waals surface area contributed by atoms with Gasteiger partial charge in [0.05, 0.1) is 0 Å². The third-order valence-electron chi connectivity index (χ3n) is 6.81. The molecule has 1 fully saturated rings. The predicted molar refractivity (Wildman–Crippen MR) is 138 cm³/mol. The van der Waals surface area contributed by atoms with Gasteiger partial charge in [-0.2, -0.15) is 0 Å². The van der Waals surface area contributed by atoms with E-state index in [0.717, 1.165) is 29.7 Å². The van der Waals surface area contributed by atoms with E-state index in [2.05, 4.69) is 22.2 Å². The van der Waals surface area contributed by atoms with Crippen LogP contribution in [0.15, 0.2) is 61.1 Å². The maximum atomic E-state index is 12.6. The zero-order valence-electron chi connectivity index (χ0n) is 20.4. The second-order valence-corrected chi connectivity index (χ2v) is 9.12. The molecule has 0 saturated carbocycles. The van der Waals surface area contributed by atoms with E-state index >= 15 is 0 Å². The molecule has 0 aliphatic carbocycles. The molecule has 9 heteroatoms. The molecule has 1 aliphatic rings. The number of nitrogens with two attached hydrogens (primary N) is 1. The van der Waals surface area contributed by atoms with E-state index in [1.807, 2.05) is 40.6 Å². The monoisotopic (exact) mass is 483 g/mol. The number of nitrogen functional groups attached to an aromatic ring is 1. The van der Waals surface area contributed by atoms with Crippen LogP contribution in [0.3, 0.4) is 0 Å². The molecule has 4 heterocycles. The first kappa shape index (κ1) is 23.5. The van der Waals surface area contributed by atoms with Crippen molar-refractivity contribution in [3.8, 4) is 11.3 Å². The van der Waals surface area contributed by atoms with Gasteiger partial charge < -0.3 is 16.0 Å². The number of fused-ring (bicyclic) bond motifs is 1. The van der Waals surface area contributed by atoms with E-state index in [0.29, 0.717) is 35.9 Å². The summed E-state index contributed by atoms with van der Waals surface area (Å²) < 4.78 is 1.99. The first-order valence-electron chi connectivity index (χ1n) is 12.2. The van der Waals surface area contributed by atoms with Gasteiger partial charge in [-0.25, -0.2) is 15.0 Å². The van der Waals surface area contributed by atoms with Crippen LogP contribution in [0.5, 0.6) is 0 Å². The number of nitrogens with zero attached hydrogens (tertiary/aromatic N) is 5. The number of piperidine rings is 1. The Morgan fingerprint density at radius 3 is 2.61 bits per heavy atom. The number of benzene rings is 1. The number of likely N-dealkylation sites (tertiary alicyclic amines) is 1. The topological polar surface area (TPSA) is 119 Å². The fourth-order valence-electron chi connectivity index (χ4n) is 4.85. The molecule has 0 radical (unpaired) electrons. The maximum absolute atomic E-state index is 12.6. The molecule has 184 valence electrons. The van der Waals surface area contributed by atoms with Crippen molar-refractivity contribution in [1.29, 1.82) is 0 Å². The highest BCUT2D eigenvalue weighted by atomic mass is 16.2. The highest BCUT2D eigenvalue weighted by Gasteiger charge is 2.32. The highest BCUT2D eigenvalue weighted by molar-refractivity contribution is 6.04. The molecular weight excluding hydrogens is 454 g/mol. The van der Waals surface area contributed by atoms with Gasteiger partial charge in [-0.15, -0.1) is 0 Å². The Balaban J connectivity index is 1.47. The van der Waals surface area contributed by atoms with Crippen LogP contribution in [0.2, 0.25) is 0 Å². The summed E-state index contributed by atoms with van der Waals surface area (Å²) >= 11 is 0. The van der Waals surface area contributed by atoms with Gasteiger partial charge in [-0.05, 0) is 44.0 Å². The Hall–Kier alpha value is -4.27. The van der Waals surface area contributed by atoms with Crippen LogP contribution in [-0.4, -0.2) is 48.7 Å². The number of pyridine rings is 1. The SMILES string of the molecule is CCC(=O)N1C[C@@H](c2nc(-c3ccc(C(=O)Nc4ccccn4)cc3)c3c(N)nccn23)CC[C@H]1C. The number of rotatable bonds is 5. The smallest absolute Gasteiger partial charge is 0.256 e. The summed E-state index contributed by atoms with van der Waals surface area (Å²) in [4.78, 5) is 40.6. The molecule has 3 aromatic heterocycles. The molecule has 4 aromatic rings. The number of amides is 2. The lowest BCUT2D eigenvalue weighted by Gasteiger charge is -2.37. The van der Waals surface area contributed by atoms with Gasteiger partial charge in [0.15, 0.2) is 0 Å². The van der Waals surface area contributed by atoms with Crippen LogP contribution in [0.4, 0.5) is 11.6 Å². The zero-order valence-corrected chi connectivity index (χ0v) is 20.4. The third-order valence-corrected chi connectivity index (χ3v) is 6.81. The molecule has 2 atom stereocenters. The number of carbonyl (C=O) groups is 2. The fourth-order valence-corrected chi connectivity index (χ4v) is 4.85. The summed E-state index contributed by atoms with van der Waals surface area (Å²) in [6.07, 6.45) is 7.51. The number of aromatic nitrogens is 4. The molecule has 2 amide bonds. The maximum Gasteiger partial charge on any atom is 0.256 e. The summed E-state index contributed by atoms with van der Waals surface area (Å²) in [7, 11) is 0. The third kappa shape index (κ3) is 4.39. The number of hydrogen-bond acceptors (Lipinski definition) is 6. The van der Waals surface area contributed by atoms with Gasteiger partial charge >= 0.3 is 0 Å². The van der Waals surface area contributed by atoms with E-state index in [9.17, 15) is 9.59 Å². The molecule has 36 heavy (non-hydrogen) atoms. The number of imidazole rings is 1. The lowest BCUT2D eigenvalue weighted by molar-refractivity contribution is -0.134. The second kappa shape index (κ2) is 9.77. The average Bonchev–Trinajstić information content (AvgIpc) is 3.30. The van der Waals surface area contributed by atoms with Crippen molar-refractivity contribution in [2.45, 2.75) is 45.1 Å². The highest BCUT2D eigenvalue weighted by Crippen LogP contribution is 2.35. The minimum Gasteiger partial charge on any atom is -0.382 e. The van der Waals surface area contributed by atoms with Gasteiger partial charge in [0.25, 0.3) is 5.91 Å². The van der Waals surface area contributed by atoms with Crippen LogP contribution in [-0.2, 0) is 4.79 Å². The molecule has 0 unspecified atom stereocenters. The fraction of sp³-hybridized carbons (Fsp3) is 0.296. The Labute approximate surface area is 209 Å². The standard InChI is InChI=1S/C27H29N7O2/c1-3-22(35)34-16-20(8-7-17(34)2)26-32-23(24-25(28)30-14-15-33(24)26)18-9-11-19(12-10-18)27(36)31-21-6-4-5-13-29-21/h4-6,9-15,17,20H,3,7-8,16H2,1-2H3,(H2,28,30)(H,29,31,36)/t17-,20+/m1/s1. The molecule has 1 saturated heterocycles. The van der Waals surface area contributed by atoms with Crippen molar-refractivity contribution in [1.82, 2.24) is 24.3 Å². The van der Waals surface area contributed by atoms with Crippen LogP contribution in [0, 0.1) is 0 Å². The first-order valence-corrected chi connectivity index (χ1v) is 12.2. The van der Waals surface area contributed by atoms with E-state index < -0.39 is 0 Å². The zero-order chi connectivity index (χ0) is 25.2. The summed E-state index contributed by atoms with van der Waals surface area (Å²) in [5, 5.41) is 2.79. The van der Waals surface area contributed by atoms with E-state index in [-0.39, 0.29) is 23.8 Å². The summed E-state index contributed by atoms with van der Waals surface area (Å²) in [6, 6.07) is 12.8. The second-order valence-electron chi connectivity index (χ2n) is 9.12. The predicted octanol–water partition coefficient (Wildman–Crippen LogP) is 4.13. The molecule has 1 aromatic carbocycles. The molecule has 5 rings (SSSR count). The van der Waals surface area contributed by atoms with Crippen LogP contribution < -0.4 is 11.1 Å². The van der Waals surface area contributed by atoms with E-state index in [1.165, 1.54) is 0 Å². The van der Waals surface area contributed by atoms with Crippen molar-refractivity contribution < 1.29 is 9.59 Å². The molecule has 1 aliphatic heterocycles. The largest absolute Gasteiger partial charge is 0.382 e. The average molecular weight is 484 g/mol. The lowest BCUT2D eigenvalue weighted by atomic mass is 9.92. The van der Waals surface area contributed by atoms with Gasteiger partial charge in [-0.1, -0.05) is 25.1 Å². The first-order chi connectivity index (χ1) is 17.5. The van der Waals surface area contributed by atoms with Crippen molar-refractivity contribution in [2.24, 2.45) is 0 Å².